The van der Waals surface area contributed by atoms with Crippen molar-refractivity contribution in [1.29, 1.82) is 0 Å². The fourth-order valence-corrected chi connectivity index (χ4v) is 2.71. The van der Waals surface area contributed by atoms with Gasteiger partial charge >= 0.3 is 5.97 Å². The van der Waals surface area contributed by atoms with Crippen molar-refractivity contribution in [2.45, 2.75) is 31.3 Å². The Bertz CT molecular complexity index is 907. The Kier molecular flexibility index (Phi) is 6.12. The van der Waals surface area contributed by atoms with Crippen LogP contribution in [0.25, 0.3) is 0 Å². The van der Waals surface area contributed by atoms with Gasteiger partial charge in [0.15, 0.2) is 6.10 Å². The van der Waals surface area contributed by atoms with Crippen molar-refractivity contribution in [2.24, 2.45) is 5.14 Å². The van der Waals surface area contributed by atoms with E-state index in [0.29, 0.717) is 5.56 Å². The van der Waals surface area contributed by atoms with Crippen LogP contribution in [-0.2, 0) is 26.0 Å². The first-order chi connectivity index (χ1) is 12.2. The molecule has 2 aromatic rings. The first-order valence-electron chi connectivity index (χ1n) is 7.94. The van der Waals surface area contributed by atoms with E-state index in [-0.39, 0.29) is 10.6 Å². The highest BCUT2D eigenvalue weighted by molar-refractivity contribution is 7.89. The molecule has 7 nitrogen and oxygen atoms in total. The number of hydrogen-bond acceptors (Lipinski definition) is 5. The highest BCUT2D eigenvalue weighted by Gasteiger charge is 2.19. The van der Waals surface area contributed by atoms with Gasteiger partial charge in [-0.3, -0.25) is 4.79 Å². The Labute approximate surface area is 152 Å². The standard InChI is InChI=1S/C18H20N2O5S/c1-3-13-7-9-14(10-8-13)18(22)25-12(2)17(21)20-15-5-4-6-16(11-15)26(19,23)24/h4-12H,3H2,1-2H3,(H,20,21)(H2,19,23,24). The number of esters is 1. The second-order valence-corrected chi connectivity index (χ2v) is 7.22. The third kappa shape index (κ3) is 5.14. The number of aryl methyl sites for hydroxylation is 1. The van der Waals surface area contributed by atoms with Gasteiger partial charge < -0.3 is 10.1 Å². The minimum atomic E-state index is -3.88. The van der Waals surface area contributed by atoms with Gasteiger partial charge in [-0.15, -0.1) is 0 Å². The number of rotatable bonds is 6. The molecule has 0 aliphatic rings. The summed E-state index contributed by atoms with van der Waals surface area (Å²) in [5.41, 5.74) is 1.66. The number of nitrogens with one attached hydrogen (secondary N) is 1. The zero-order chi connectivity index (χ0) is 19.3. The van der Waals surface area contributed by atoms with Crippen LogP contribution in [0.5, 0.6) is 0 Å². The summed E-state index contributed by atoms with van der Waals surface area (Å²) >= 11 is 0. The van der Waals surface area contributed by atoms with Gasteiger partial charge in [0.2, 0.25) is 10.0 Å². The van der Waals surface area contributed by atoms with Crippen molar-refractivity contribution in [1.82, 2.24) is 0 Å². The van der Waals surface area contributed by atoms with E-state index < -0.39 is 28.0 Å². The lowest BCUT2D eigenvalue weighted by Gasteiger charge is -2.14. The molecule has 0 bridgehead atoms. The van der Waals surface area contributed by atoms with E-state index in [9.17, 15) is 18.0 Å². The maximum Gasteiger partial charge on any atom is 0.338 e. The Morgan fingerprint density at radius 1 is 1.15 bits per heavy atom. The van der Waals surface area contributed by atoms with E-state index in [1.165, 1.54) is 31.2 Å². The second-order valence-electron chi connectivity index (χ2n) is 5.66. The average Bonchev–Trinajstić information content (AvgIpc) is 2.61. The van der Waals surface area contributed by atoms with Gasteiger partial charge in [0, 0.05) is 5.69 Å². The molecule has 0 radical (unpaired) electrons. The average molecular weight is 376 g/mol. The number of carbonyl (C=O) groups excluding carboxylic acids is 2. The first kappa shape index (κ1) is 19.6. The van der Waals surface area contributed by atoms with Crippen LogP contribution in [0.15, 0.2) is 53.4 Å². The van der Waals surface area contributed by atoms with Crippen molar-refractivity contribution in [3.8, 4) is 0 Å². The Hall–Kier alpha value is -2.71. The van der Waals surface area contributed by atoms with E-state index in [2.05, 4.69) is 5.32 Å². The Morgan fingerprint density at radius 3 is 2.38 bits per heavy atom. The molecule has 0 spiro atoms. The molecular weight excluding hydrogens is 356 g/mol. The summed E-state index contributed by atoms with van der Waals surface area (Å²) in [5.74, 6) is -1.20. The molecule has 2 rings (SSSR count). The molecule has 8 heteroatoms. The van der Waals surface area contributed by atoms with Crippen molar-refractivity contribution >= 4 is 27.6 Å². The van der Waals surface area contributed by atoms with Gasteiger partial charge in [0.05, 0.1) is 10.5 Å². The molecule has 138 valence electrons. The molecule has 3 N–H and O–H groups in total. The van der Waals surface area contributed by atoms with Crippen LogP contribution in [-0.4, -0.2) is 26.4 Å². The normalized spacial score (nSPS) is 12.3. The molecule has 2 aromatic carbocycles. The molecule has 0 aliphatic heterocycles. The lowest BCUT2D eigenvalue weighted by Crippen LogP contribution is -2.30. The minimum Gasteiger partial charge on any atom is -0.449 e. The third-order valence-electron chi connectivity index (χ3n) is 3.68. The Balaban J connectivity index is 2.02. The van der Waals surface area contributed by atoms with Gasteiger partial charge in [0.25, 0.3) is 5.91 Å². The number of benzene rings is 2. The van der Waals surface area contributed by atoms with Crippen LogP contribution in [0.3, 0.4) is 0 Å². The summed E-state index contributed by atoms with van der Waals surface area (Å²) in [4.78, 5) is 24.1. The number of ether oxygens (including phenoxy) is 1. The van der Waals surface area contributed by atoms with Crippen LogP contribution >= 0.6 is 0 Å². The van der Waals surface area contributed by atoms with Crippen LogP contribution in [0.4, 0.5) is 5.69 Å². The fourth-order valence-electron chi connectivity index (χ4n) is 2.15. The molecule has 0 aromatic heterocycles. The van der Waals surface area contributed by atoms with Crippen LogP contribution < -0.4 is 10.5 Å². The maximum atomic E-state index is 12.2. The molecule has 1 amide bonds. The Morgan fingerprint density at radius 2 is 1.81 bits per heavy atom. The van der Waals surface area contributed by atoms with Gasteiger partial charge in [-0.05, 0) is 49.2 Å². The van der Waals surface area contributed by atoms with Crippen LogP contribution in [0, 0.1) is 0 Å². The molecule has 0 fully saturated rings. The largest absolute Gasteiger partial charge is 0.449 e. The van der Waals surface area contributed by atoms with E-state index in [1.54, 1.807) is 12.1 Å². The summed E-state index contributed by atoms with van der Waals surface area (Å²) in [5, 5.41) is 7.55. The topological polar surface area (TPSA) is 116 Å². The van der Waals surface area contributed by atoms with Gasteiger partial charge in [-0.1, -0.05) is 25.1 Å². The van der Waals surface area contributed by atoms with Crippen molar-refractivity contribution < 1.29 is 22.7 Å². The summed E-state index contributed by atoms with van der Waals surface area (Å²) in [6.45, 7) is 3.43. The van der Waals surface area contributed by atoms with E-state index in [4.69, 9.17) is 9.88 Å². The first-order valence-corrected chi connectivity index (χ1v) is 9.49. The number of carbonyl (C=O) groups is 2. The summed E-state index contributed by atoms with van der Waals surface area (Å²) in [6, 6.07) is 12.4. The van der Waals surface area contributed by atoms with Crippen molar-refractivity contribution in [3.63, 3.8) is 0 Å². The van der Waals surface area contributed by atoms with Gasteiger partial charge in [-0.25, -0.2) is 18.4 Å². The second kappa shape index (κ2) is 8.11. The number of nitrogens with two attached hydrogens (primary N) is 1. The van der Waals surface area contributed by atoms with Gasteiger partial charge in [0.1, 0.15) is 0 Å². The smallest absolute Gasteiger partial charge is 0.338 e. The van der Waals surface area contributed by atoms with Crippen molar-refractivity contribution in [3.05, 3.63) is 59.7 Å². The molecular formula is C18H20N2O5S. The number of primary sulfonamides is 1. The number of sulfonamides is 1. The lowest BCUT2D eigenvalue weighted by molar-refractivity contribution is -0.123. The number of anilines is 1. The van der Waals surface area contributed by atoms with E-state index in [1.807, 2.05) is 19.1 Å². The molecule has 0 heterocycles. The third-order valence-corrected chi connectivity index (χ3v) is 4.59. The highest BCUT2D eigenvalue weighted by atomic mass is 32.2. The molecule has 0 saturated carbocycles. The van der Waals surface area contributed by atoms with Crippen LogP contribution in [0.2, 0.25) is 0 Å². The SMILES string of the molecule is CCc1ccc(C(=O)OC(C)C(=O)Nc2cccc(S(N)(=O)=O)c2)cc1. The predicted octanol–water partition coefficient (Wildman–Crippen LogP) is 2.08. The van der Waals surface area contributed by atoms with E-state index in [0.717, 1.165) is 12.0 Å². The number of amides is 1. The molecule has 1 unspecified atom stereocenters. The molecule has 1 atom stereocenters. The zero-order valence-electron chi connectivity index (χ0n) is 14.4. The predicted molar refractivity (Wildman–Crippen MR) is 97.1 cm³/mol. The summed E-state index contributed by atoms with van der Waals surface area (Å²) < 4.78 is 27.8. The van der Waals surface area contributed by atoms with Crippen molar-refractivity contribution in [2.75, 3.05) is 5.32 Å². The summed E-state index contributed by atoms with van der Waals surface area (Å²) in [6.07, 6.45) is -0.211. The quantitative estimate of drug-likeness (QED) is 0.749. The maximum absolute atomic E-state index is 12.2. The number of hydrogen-bond donors (Lipinski definition) is 2. The monoisotopic (exact) mass is 376 g/mol. The van der Waals surface area contributed by atoms with E-state index >= 15 is 0 Å². The summed E-state index contributed by atoms with van der Waals surface area (Å²) in [7, 11) is -3.88. The fraction of sp³-hybridized carbons (Fsp3) is 0.222. The lowest BCUT2D eigenvalue weighted by atomic mass is 10.1. The molecule has 26 heavy (non-hydrogen) atoms. The molecule has 0 saturated heterocycles. The zero-order valence-corrected chi connectivity index (χ0v) is 15.2. The highest BCUT2D eigenvalue weighted by Crippen LogP contribution is 2.15. The van der Waals surface area contributed by atoms with Gasteiger partial charge in [-0.2, -0.15) is 0 Å². The minimum absolute atomic E-state index is 0.129. The van der Waals surface area contributed by atoms with Crippen LogP contribution in [0.1, 0.15) is 29.8 Å². The molecule has 0 aliphatic carbocycles.